The third kappa shape index (κ3) is 2.70. The maximum Gasteiger partial charge on any atom is 0.130 e. The number of halogens is 1. The molecule has 0 bridgehead atoms. The second-order valence-electron chi connectivity index (χ2n) is 4.48. The van der Waals surface area contributed by atoms with Crippen molar-refractivity contribution < 1.29 is 4.42 Å². The third-order valence-electron chi connectivity index (χ3n) is 3.13. The second-order valence-corrected chi connectivity index (χ2v) is 4.89. The van der Waals surface area contributed by atoms with E-state index >= 15 is 0 Å². The van der Waals surface area contributed by atoms with Crippen LogP contribution in [-0.4, -0.2) is 0 Å². The maximum atomic E-state index is 6.32. The van der Waals surface area contributed by atoms with Gasteiger partial charge in [-0.3, -0.25) is 0 Å². The van der Waals surface area contributed by atoms with Crippen molar-refractivity contribution in [2.75, 3.05) is 5.32 Å². The van der Waals surface area contributed by atoms with Crippen LogP contribution < -0.4 is 5.32 Å². The molecular weight excluding hydrogens is 270 g/mol. The summed E-state index contributed by atoms with van der Waals surface area (Å²) in [5.74, 6) is 0.835. The Morgan fingerprint density at radius 2 is 1.60 bits per heavy atom. The molecule has 1 heterocycles. The van der Waals surface area contributed by atoms with Crippen LogP contribution >= 0.6 is 11.6 Å². The van der Waals surface area contributed by atoms with Crippen molar-refractivity contribution in [2.45, 2.75) is 6.04 Å². The average Bonchev–Trinajstić information content (AvgIpc) is 3.01. The molecule has 3 aromatic rings. The summed E-state index contributed by atoms with van der Waals surface area (Å²) in [5, 5.41) is 4.18. The topological polar surface area (TPSA) is 25.2 Å². The van der Waals surface area contributed by atoms with Gasteiger partial charge in [-0.15, -0.1) is 0 Å². The minimum absolute atomic E-state index is 0.110. The molecule has 0 amide bonds. The number of nitrogens with one attached hydrogen (secondary N) is 1. The largest absolute Gasteiger partial charge is 0.467 e. The van der Waals surface area contributed by atoms with Crippen LogP contribution in [0, 0.1) is 0 Å². The molecular formula is C17H14ClNO. The highest BCUT2D eigenvalue weighted by Gasteiger charge is 2.19. The minimum atomic E-state index is -0.110. The molecule has 0 saturated heterocycles. The van der Waals surface area contributed by atoms with Crippen LogP contribution in [0.2, 0.25) is 5.02 Å². The third-order valence-corrected chi connectivity index (χ3v) is 3.47. The van der Waals surface area contributed by atoms with E-state index in [4.69, 9.17) is 16.0 Å². The van der Waals surface area contributed by atoms with Crippen molar-refractivity contribution in [1.82, 2.24) is 0 Å². The van der Waals surface area contributed by atoms with E-state index in [9.17, 15) is 0 Å². The SMILES string of the molecule is Clc1ccccc1C(Nc1ccccc1)c1ccco1. The van der Waals surface area contributed by atoms with Crippen molar-refractivity contribution in [3.63, 3.8) is 0 Å². The fourth-order valence-electron chi connectivity index (χ4n) is 2.17. The van der Waals surface area contributed by atoms with Crippen molar-refractivity contribution in [2.24, 2.45) is 0 Å². The summed E-state index contributed by atoms with van der Waals surface area (Å²) in [6.07, 6.45) is 1.67. The molecule has 0 saturated carbocycles. The van der Waals surface area contributed by atoms with Gasteiger partial charge in [0.1, 0.15) is 11.8 Å². The molecule has 0 aliphatic carbocycles. The molecule has 0 fully saturated rings. The van der Waals surface area contributed by atoms with E-state index in [0.29, 0.717) is 0 Å². The molecule has 1 N–H and O–H groups in total. The first kappa shape index (κ1) is 12.8. The van der Waals surface area contributed by atoms with E-state index in [1.54, 1.807) is 6.26 Å². The molecule has 2 aromatic carbocycles. The van der Waals surface area contributed by atoms with Gasteiger partial charge >= 0.3 is 0 Å². The highest BCUT2D eigenvalue weighted by atomic mass is 35.5. The molecule has 2 nitrogen and oxygen atoms in total. The van der Waals surface area contributed by atoms with Gasteiger partial charge in [-0.05, 0) is 30.3 Å². The molecule has 1 unspecified atom stereocenters. The number of para-hydroxylation sites is 1. The van der Waals surface area contributed by atoms with Crippen LogP contribution in [0.25, 0.3) is 0 Å². The second kappa shape index (κ2) is 5.85. The van der Waals surface area contributed by atoms with E-state index in [1.807, 2.05) is 66.7 Å². The molecule has 100 valence electrons. The molecule has 20 heavy (non-hydrogen) atoms. The highest BCUT2D eigenvalue weighted by molar-refractivity contribution is 6.31. The lowest BCUT2D eigenvalue weighted by molar-refractivity contribution is 0.499. The predicted molar refractivity (Wildman–Crippen MR) is 82.1 cm³/mol. The zero-order valence-corrected chi connectivity index (χ0v) is 11.5. The van der Waals surface area contributed by atoms with Gasteiger partial charge in [0.15, 0.2) is 0 Å². The molecule has 3 rings (SSSR count). The summed E-state index contributed by atoms with van der Waals surface area (Å²) in [5.41, 5.74) is 2.02. The summed E-state index contributed by atoms with van der Waals surface area (Å²) in [7, 11) is 0. The van der Waals surface area contributed by atoms with E-state index in [0.717, 1.165) is 22.0 Å². The molecule has 1 aromatic heterocycles. The summed E-state index contributed by atoms with van der Waals surface area (Å²) in [6, 6.07) is 21.5. The standard InChI is InChI=1S/C17H14ClNO/c18-15-10-5-4-9-14(15)17(16-11-6-12-20-16)19-13-7-2-1-3-8-13/h1-12,17,19H. The molecule has 0 radical (unpaired) electrons. The fourth-order valence-corrected chi connectivity index (χ4v) is 2.41. The first-order chi connectivity index (χ1) is 9.84. The number of anilines is 1. The van der Waals surface area contributed by atoms with E-state index in [-0.39, 0.29) is 6.04 Å². The van der Waals surface area contributed by atoms with Gasteiger partial charge in [0, 0.05) is 16.3 Å². The van der Waals surface area contributed by atoms with Crippen LogP contribution in [0.15, 0.2) is 77.4 Å². The lowest BCUT2D eigenvalue weighted by Gasteiger charge is -2.19. The van der Waals surface area contributed by atoms with E-state index in [1.165, 1.54) is 0 Å². The van der Waals surface area contributed by atoms with Crippen LogP contribution in [0.4, 0.5) is 5.69 Å². The lowest BCUT2D eigenvalue weighted by atomic mass is 10.0. The van der Waals surface area contributed by atoms with Gasteiger partial charge in [0.05, 0.1) is 6.26 Å². The monoisotopic (exact) mass is 283 g/mol. The number of hydrogen-bond donors (Lipinski definition) is 1. The van der Waals surface area contributed by atoms with Gasteiger partial charge in [-0.2, -0.15) is 0 Å². The zero-order chi connectivity index (χ0) is 13.8. The maximum absolute atomic E-state index is 6.32. The normalized spacial score (nSPS) is 12.1. The summed E-state index contributed by atoms with van der Waals surface area (Å²) >= 11 is 6.32. The Kier molecular flexibility index (Phi) is 3.75. The summed E-state index contributed by atoms with van der Waals surface area (Å²) in [4.78, 5) is 0. The van der Waals surface area contributed by atoms with Crippen LogP contribution in [-0.2, 0) is 0 Å². The fraction of sp³-hybridized carbons (Fsp3) is 0.0588. The van der Waals surface area contributed by atoms with Crippen LogP contribution in [0.5, 0.6) is 0 Å². The number of benzene rings is 2. The Labute approximate surface area is 123 Å². The zero-order valence-electron chi connectivity index (χ0n) is 10.8. The number of hydrogen-bond acceptors (Lipinski definition) is 2. The van der Waals surface area contributed by atoms with Gasteiger partial charge in [-0.1, -0.05) is 48.0 Å². The smallest absolute Gasteiger partial charge is 0.130 e. The van der Waals surface area contributed by atoms with Crippen molar-refractivity contribution in [3.8, 4) is 0 Å². The first-order valence-electron chi connectivity index (χ1n) is 6.44. The average molecular weight is 284 g/mol. The Hall–Kier alpha value is -2.19. The number of furan rings is 1. The Morgan fingerprint density at radius 1 is 0.850 bits per heavy atom. The molecule has 0 aliphatic heterocycles. The van der Waals surface area contributed by atoms with Crippen LogP contribution in [0.1, 0.15) is 17.4 Å². The molecule has 1 atom stereocenters. The van der Waals surface area contributed by atoms with Crippen molar-refractivity contribution >= 4 is 17.3 Å². The highest BCUT2D eigenvalue weighted by Crippen LogP contribution is 2.31. The van der Waals surface area contributed by atoms with Gasteiger partial charge in [0.2, 0.25) is 0 Å². The Bertz CT molecular complexity index is 664. The van der Waals surface area contributed by atoms with Crippen LogP contribution in [0.3, 0.4) is 0 Å². The molecule has 3 heteroatoms. The lowest BCUT2D eigenvalue weighted by Crippen LogP contribution is -2.12. The van der Waals surface area contributed by atoms with E-state index < -0.39 is 0 Å². The minimum Gasteiger partial charge on any atom is -0.467 e. The first-order valence-corrected chi connectivity index (χ1v) is 6.82. The predicted octanol–water partition coefficient (Wildman–Crippen LogP) is 5.13. The summed E-state index contributed by atoms with van der Waals surface area (Å²) in [6.45, 7) is 0. The molecule has 0 aliphatic rings. The van der Waals surface area contributed by atoms with Crippen molar-refractivity contribution in [1.29, 1.82) is 0 Å². The van der Waals surface area contributed by atoms with Gasteiger partial charge in [0.25, 0.3) is 0 Å². The quantitative estimate of drug-likeness (QED) is 0.717. The summed E-state index contributed by atoms with van der Waals surface area (Å²) < 4.78 is 5.56. The Balaban J connectivity index is 1.99. The molecule has 0 spiro atoms. The van der Waals surface area contributed by atoms with Gasteiger partial charge in [-0.25, -0.2) is 0 Å². The Morgan fingerprint density at radius 3 is 2.30 bits per heavy atom. The van der Waals surface area contributed by atoms with Gasteiger partial charge < -0.3 is 9.73 Å². The number of rotatable bonds is 4. The van der Waals surface area contributed by atoms with Crippen molar-refractivity contribution in [3.05, 3.63) is 89.3 Å². The van der Waals surface area contributed by atoms with E-state index in [2.05, 4.69) is 5.32 Å².